The third-order valence-electron chi connectivity index (χ3n) is 4.71. The number of nitrogens with one attached hydrogen (secondary N) is 2. The Balaban J connectivity index is 1.70. The smallest absolute Gasteiger partial charge is 0.338 e. The summed E-state index contributed by atoms with van der Waals surface area (Å²) in [6.07, 6.45) is -0.596. The Morgan fingerprint density at radius 1 is 1.26 bits per heavy atom. The fourth-order valence-electron chi connectivity index (χ4n) is 3.06. The molecule has 1 aliphatic heterocycles. The normalized spacial score (nSPS) is 14.9. The second-order valence-electron chi connectivity index (χ2n) is 6.88. The monoisotopic (exact) mass is 465 g/mol. The second-order valence-corrected chi connectivity index (χ2v) is 9.82. The van der Waals surface area contributed by atoms with E-state index in [2.05, 4.69) is 10.6 Å². The fourth-order valence-corrected chi connectivity index (χ4v) is 5.42. The van der Waals surface area contributed by atoms with Crippen LogP contribution in [0.2, 0.25) is 0 Å². The first-order valence-corrected chi connectivity index (χ1v) is 12.0. The maximum absolute atomic E-state index is 13.1. The Labute approximate surface area is 184 Å². The van der Waals surface area contributed by atoms with Crippen molar-refractivity contribution in [2.45, 2.75) is 37.8 Å². The molecule has 1 aromatic heterocycles. The minimum Gasteiger partial charge on any atom is -0.449 e. The lowest BCUT2D eigenvalue weighted by Gasteiger charge is -2.26. The maximum atomic E-state index is 13.1. The molecule has 0 fully saturated rings. The first-order chi connectivity index (χ1) is 14.7. The van der Waals surface area contributed by atoms with E-state index in [-0.39, 0.29) is 17.0 Å². The molecule has 0 bridgehead atoms. The summed E-state index contributed by atoms with van der Waals surface area (Å²) in [4.78, 5) is 37.0. The fraction of sp³-hybridized carbons (Fsp3) is 0.350. The number of fused-ring (bicyclic) bond motifs is 1. The standard InChI is InChI=1S/C20H23N3O6S2/c1-3-21-20(26)22-18(24)13(2)29-19(25)14-5-4-6-16(11-14)31(27,28)23-9-7-17-15(12-23)8-10-30-17/h4-6,8,10-11,13H,3,7,9,12H2,1-2H3,(H2,21,22,24,26)/t13-/m1/s1. The highest BCUT2D eigenvalue weighted by Gasteiger charge is 2.30. The van der Waals surface area contributed by atoms with Crippen molar-refractivity contribution in [1.82, 2.24) is 14.9 Å². The summed E-state index contributed by atoms with van der Waals surface area (Å²) in [5, 5.41) is 6.39. The lowest BCUT2D eigenvalue weighted by Crippen LogP contribution is -2.44. The molecule has 2 N–H and O–H groups in total. The van der Waals surface area contributed by atoms with Crippen LogP contribution in [0.25, 0.3) is 0 Å². The van der Waals surface area contributed by atoms with Gasteiger partial charge in [0.15, 0.2) is 6.10 Å². The van der Waals surface area contributed by atoms with Gasteiger partial charge in [-0.05, 0) is 55.5 Å². The number of esters is 1. The van der Waals surface area contributed by atoms with E-state index in [4.69, 9.17) is 4.74 Å². The predicted octanol–water partition coefficient (Wildman–Crippen LogP) is 1.89. The van der Waals surface area contributed by atoms with Gasteiger partial charge in [-0.2, -0.15) is 4.31 Å². The molecule has 0 radical (unpaired) electrons. The van der Waals surface area contributed by atoms with E-state index in [1.807, 2.05) is 11.4 Å². The van der Waals surface area contributed by atoms with Crippen molar-refractivity contribution in [2.24, 2.45) is 0 Å². The van der Waals surface area contributed by atoms with Gasteiger partial charge in [0, 0.05) is 24.5 Å². The summed E-state index contributed by atoms with van der Waals surface area (Å²) in [7, 11) is -3.81. The van der Waals surface area contributed by atoms with Crippen LogP contribution < -0.4 is 10.6 Å². The number of carbonyl (C=O) groups is 3. The van der Waals surface area contributed by atoms with Crippen molar-refractivity contribution in [1.29, 1.82) is 0 Å². The summed E-state index contributed by atoms with van der Waals surface area (Å²) >= 11 is 1.61. The summed E-state index contributed by atoms with van der Waals surface area (Å²) in [6.45, 7) is 3.99. The molecule has 3 amide bonds. The number of imide groups is 1. The molecule has 0 saturated heterocycles. The van der Waals surface area contributed by atoms with Crippen LogP contribution in [-0.2, 0) is 32.5 Å². The van der Waals surface area contributed by atoms with Gasteiger partial charge in [-0.25, -0.2) is 18.0 Å². The molecule has 0 spiro atoms. The largest absolute Gasteiger partial charge is 0.449 e. The molecule has 2 aromatic rings. The van der Waals surface area contributed by atoms with Crippen molar-refractivity contribution >= 4 is 39.3 Å². The van der Waals surface area contributed by atoms with Crippen molar-refractivity contribution < 1.29 is 27.5 Å². The van der Waals surface area contributed by atoms with Crippen LogP contribution in [0.15, 0.2) is 40.6 Å². The topological polar surface area (TPSA) is 122 Å². The molecular weight excluding hydrogens is 442 g/mol. The van der Waals surface area contributed by atoms with Crippen molar-refractivity contribution in [3.63, 3.8) is 0 Å². The number of hydrogen-bond donors (Lipinski definition) is 2. The van der Waals surface area contributed by atoms with Gasteiger partial charge in [-0.1, -0.05) is 6.07 Å². The van der Waals surface area contributed by atoms with E-state index >= 15 is 0 Å². The molecule has 2 heterocycles. The average Bonchev–Trinajstić information content (AvgIpc) is 3.21. The number of nitrogens with zero attached hydrogens (tertiary/aromatic N) is 1. The minimum absolute atomic E-state index is 0.00744. The van der Waals surface area contributed by atoms with E-state index in [0.29, 0.717) is 19.5 Å². The van der Waals surface area contributed by atoms with Gasteiger partial charge >= 0.3 is 12.0 Å². The third-order valence-corrected chi connectivity index (χ3v) is 7.57. The van der Waals surface area contributed by atoms with Gasteiger partial charge in [0.2, 0.25) is 10.0 Å². The second kappa shape index (κ2) is 9.58. The van der Waals surface area contributed by atoms with Gasteiger partial charge in [-0.3, -0.25) is 10.1 Å². The van der Waals surface area contributed by atoms with Crippen LogP contribution in [0.1, 0.15) is 34.6 Å². The first kappa shape index (κ1) is 22.9. The molecule has 1 aliphatic rings. The molecular formula is C20H23N3O6S2. The molecule has 0 aliphatic carbocycles. The van der Waals surface area contributed by atoms with Crippen LogP contribution in [0, 0.1) is 0 Å². The third kappa shape index (κ3) is 5.30. The van der Waals surface area contributed by atoms with Gasteiger partial charge < -0.3 is 10.1 Å². The molecule has 166 valence electrons. The van der Waals surface area contributed by atoms with E-state index in [9.17, 15) is 22.8 Å². The molecule has 1 aromatic carbocycles. The molecule has 0 unspecified atom stereocenters. The first-order valence-electron chi connectivity index (χ1n) is 9.67. The number of rotatable bonds is 6. The highest BCUT2D eigenvalue weighted by molar-refractivity contribution is 7.89. The number of urea groups is 1. The molecule has 1 atom stereocenters. The molecule has 31 heavy (non-hydrogen) atoms. The number of benzene rings is 1. The SMILES string of the molecule is CCNC(=O)NC(=O)[C@@H](C)OC(=O)c1cccc(S(=O)(=O)N2CCc3sccc3C2)c1. The van der Waals surface area contributed by atoms with E-state index in [0.717, 1.165) is 5.56 Å². The Hall–Kier alpha value is -2.76. The van der Waals surface area contributed by atoms with Crippen LogP contribution in [0.4, 0.5) is 4.79 Å². The Bertz CT molecular complexity index is 1100. The summed E-state index contributed by atoms with van der Waals surface area (Å²) in [5.74, 6) is -1.66. The number of thiophene rings is 1. The minimum atomic E-state index is -3.81. The average molecular weight is 466 g/mol. The van der Waals surface area contributed by atoms with Gasteiger partial charge in [0.25, 0.3) is 5.91 Å². The highest BCUT2D eigenvalue weighted by atomic mass is 32.2. The number of hydrogen-bond acceptors (Lipinski definition) is 7. The van der Waals surface area contributed by atoms with E-state index < -0.39 is 34.0 Å². The van der Waals surface area contributed by atoms with Crippen LogP contribution in [0.5, 0.6) is 0 Å². The van der Waals surface area contributed by atoms with Crippen LogP contribution in [-0.4, -0.2) is 49.8 Å². The zero-order chi connectivity index (χ0) is 22.6. The zero-order valence-corrected chi connectivity index (χ0v) is 18.7. The number of ether oxygens (including phenoxy) is 1. The summed E-state index contributed by atoms with van der Waals surface area (Å²) in [6, 6.07) is 6.73. The number of amides is 3. The quantitative estimate of drug-likeness (QED) is 0.629. The molecule has 3 rings (SSSR count). The maximum Gasteiger partial charge on any atom is 0.338 e. The Morgan fingerprint density at radius 2 is 2.03 bits per heavy atom. The van der Waals surface area contributed by atoms with Crippen LogP contribution >= 0.6 is 11.3 Å². The van der Waals surface area contributed by atoms with E-state index in [1.54, 1.807) is 18.3 Å². The molecule has 0 saturated carbocycles. The molecule has 11 heteroatoms. The number of sulfonamides is 1. The number of carbonyl (C=O) groups excluding carboxylic acids is 3. The summed E-state index contributed by atoms with van der Waals surface area (Å²) < 4.78 is 32.6. The Kier molecular flexibility index (Phi) is 7.08. The lowest BCUT2D eigenvalue weighted by molar-refractivity contribution is -0.127. The predicted molar refractivity (Wildman–Crippen MR) is 114 cm³/mol. The summed E-state index contributed by atoms with van der Waals surface area (Å²) in [5.41, 5.74) is 0.981. The Morgan fingerprint density at radius 3 is 2.77 bits per heavy atom. The van der Waals surface area contributed by atoms with E-state index in [1.165, 1.54) is 40.4 Å². The highest BCUT2D eigenvalue weighted by Crippen LogP contribution is 2.28. The van der Waals surface area contributed by atoms with Gasteiger partial charge in [-0.15, -0.1) is 11.3 Å². The van der Waals surface area contributed by atoms with Crippen molar-refractivity contribution in [3.8, 4) is 0 Å². The van der Waals surface area contributed by atoms with Gasteiger partial charge in [0.05, 0.1) is 10.5 Å². The molecule has 9 nitrogen and oxygen atoms in total. The van der Waals surface area contributed by atoms with Gasteiger partial charge in [0.1, 0.15) is 0 Å². The lowest BCUT2D eigenvalue weighted by atomic mass is 10.1. The zero-order valence-electron chi connectivity index (χ0n) is 17.1. The van der Waals surface area contributed by atoms with Crippen molar-refractivity contribution in [3.05, 3.63) is 51.7 Å². The van der Waals surface area contributed by atoms with Crippen molar-refractivity contribution in [2.75, 3.05) is 13.1 Å². The van der Waals surface area contributed by atoms with Crippen LogP contribution in [0.3, 0.4) is 0 Å².